The Morgan fingerprint density at radius 1 is 1.05 bits per heavy atom. The van der Waals surface area contributed by atoms with E-state index in [0.717, 1.165) is 22.5 Å². The summed E-state index contributed by atoms with van der Waals surface area (Å²) in [7, 11) is 0. The summed E-state index contributed by atoms with van der Waals surface area (Å²) in [5.74, 6) is -1.69. The van der Waals surface area contributed by atoms with E-state index in [4.69, 9.17) is 0 Å². The number of nitrogens with one attached hydrogen (secondary N) is 2. The zero-order valence-electron chi connectivity index (χ0n) is 22.0. The number of halogens is 2. The lowest BCUT2D eigenvalue weighted by molar-refractivity contribution is -0.139. The van der Waals surface area contributed by atoms with Crippen molar-refractivity contribution in [2.45, 2.75) is 31.1 Å². The first-order valence-corrected chi connectivity index (χ1v) is 13.9. The highest BCUT2D eigenvalue weighted by Gasteiger charge is 2.24. The Kier molecular flexibility index (Phi) is 9.50. The van der Waals surface area contributed by atoms with Gasteiger partial charge in [0.15, 0.2) is 0 Å². The van der Waals surface area contributed by atoms with Crippen molar-refractivity contribution in [1.29, 1.82) is 0 Å². The molecule has 6 nitrogen and oxygen atoms in total. The molecule has 0 radical (unpaired) electrons. The lowest BCUT2D eigenvalue weighted by Crippen LogP contribution is -2.42. The Morgan fingerprint density at radius 2 is 1.73 bits per heavy atom. The molecule has 4 aromatic rings. The van der Waals surface area contributed by atoms with Gasteiger partial charge in [0.2, 0.25) is 0 Å². The van der Waals surface area contributed by atoms with Crippen LogP contribution in [-0.2, 0) is 11.2 Å². The number of aromatic nitrogens is 2. The maximum atomic E-state index is 13.7. The van der Waals surface area contributed by atoms with E-state index in [9.17, 15) is 23.5 Å². The summed E-state index contributed by atoms with van der Waals surface area (Å²) in [5.41, 5.74) is 3.78. The third-order valence-corrected chi connectivity index (χ3v) is 7.48. The second-order valence-corrected chi connectivity index (χ2v) is 10.6. The summed E-state index contributed by atoms with van der Waals surface area (Å²) >= 11 is 1.52. The third kappa shape index (κ3) is 7.45. The van der Waals surface area contributed by atoms with E-state index in [1.807, 2.05) is 19.3 Å². The van der Waals surface area contributed by atoms with Gasteiger partial charge in [-0.3, -0.25) is 4.79 Å². The molecule has 3 N–H and O–H groups in total. The molecular formula is C31H29F2N3O3S. The van der Waals surface area contributed by atoms with E-state index in [1.54, 1.807) is 54.9 Å². The number of allylic oxidation sites excluding steroid dienone is 1. The van der Waals surface area contributed by atoms with Gasteiger partial charge in [-0.05, 0) is 76.9 Å². The SMILES string of the molecule is CSC(C)C[C@H](NC(=O)c1ccc(C=C(Cc2ncc[nH]2)c2ccc(F)cc2)cc1-c1ccc(F)cc1)C(=O)O. The Balaban J connectivity index is 1.76. The van der Waals surface area contributed by atoms with Gasteiger partial charge in [0.25, 0.3) is 5.91 Å². The van der Waals surface area contributed by atoms with Crippen molar-refractivity contribution in [1.82, 2.24) is 15.3 Å². The Labute approximate surface area is 235 Å². The average molecular weight is 562 g/mol. The largest absolute Gasteiger partial charge is 0.480 e. The highest BCUT2D eigenvalue weighted by Crippen LogP contribution is 2.29. The van der Waals surface area contributed by atoms with Crippen molar-refractivity contribution < 1.29 is 23.5 Å². The molecule has 0 fully saturated rings. The van der Waals surface area contributed by atoms with Gasteiger partial charge in [-0.1, -0.05) is 43.3 Å². The highest BCUT2D eigenvalue weighted by atomic mass is 32.2. The van der Waals surface area contributed by atoms with Crippen molar-refractivity contribution in [2.75, 3.05) is 6.26 Å². The van der Waals surface area contributed by atoms with Crippen molar-refractivity contribution >= 4 is 35.3 Å². The summed E-state index contributed by atoms with van der Waals surface area (Å²) in [6, 6.07) is 16.0. The minimum Gasteiger partial charge on any atom is -0.480 e. The maximum Gasteiger partial charge on any atom is 0.326 e. The van der Waals surface area contributed by atoms with Gasteiger partial charge in [0.1, 0.15) is 23.5 Å². The highest BCUT2D eigenvalue weighted by molar-refractivity contribution is 7.99. The number of rotatable bonds is 11. The number of aliphatic carboxylic acids is 1. The molecule has 206 valence electrons. The molecule has 0 saturated heterocycles. The van der Waals surface area contributed by atoms with Crippen LogP contribution in [0.3, 0.4) is 0 Å². The molecule has 0 aliphatic rings. The van der Waals surface area contributed by atoms with Crippen LogP contribution in [0.1, 0.15) is 40.7 Å². The fraction of sp³-hybridized carbons (Fsp3) is 0.194. The second kappa shape index (κ2) is 13.2. The minimum absolute atomic E-state index is 0.0320. The van der Waals surface area contributed by atoms with E-state index >= 15 is 0 Å². The first kappa shape index (κ1) is 28.8. The van der Waals surface area contributed by atoms with E-state index in [-0.39, 0.29) is 23.1 Å². The normalized spacial score (nSPS) is 13.1. The van der Waals surface area contributed by atoms with Gasteiger partial charge in [-0.25, -0.2) is 18.6 Å². The summed E-state index contributed by atoms with van der Waals surface area (Å²) < 4.78 is 27.4. The van der Waals surface area contributed by atoms with Crippen LogP contribution < -0.4 is 5.32 Å². The predicted octanol–water partition coefficient (Wildman–Crippen LogP) is 6.46. The molecule has 0 saturated carbocycles. The van der Waals surface area contributed by atoms with Gasteiger partial charge in [-0.2, -0.15) is 11.8 Å². The van der Waals surface area contributed by atoms with Crippen LogP contribution in [0.25, 0.3) is 22.8 Å². The number of amides is 1. The first-order valence-electron chi connectivity index (χ1n) is 12.6. The van der Waals surface area contributed by atoms with Crippen LogP contribution in [-0.4, -0.2) is 44.5 Å². The molecule has 0 aliphatic carbocycles. The van der Waals surface area contributed by atoms with Crippen LogP contribution in [0.4, 0.5) is 8.78 Å². The molecule has 0 bridgehead atoms. The van der Waals surface area contributed by atoms with Gasteiger partial charge < -0.3 is 15.4 Å². The molecular weight excluding hydrogens is 532 g/mol. The molecule has 2 atom stereocenters. The Bertz CT molecular complexity index is 1490. The number of nitrogens with zero attached hydrogens (tertiary/aromatic N) is 1. The standard InChI is InChI=1S/C31H29F2N3O3S/c1-19(40-2)15-28(31(38)39)36-30(37)26-12-3-20(17-27(26)22-6-10-25(33)11-7-22)16-23(18-29-34-13-14-35-29)21-4-8-24(32)9-5-21/h3-14,16-17,19,28H,15,18H2,1-2H3,(H,34,35)(H,36,37)(H,38,39)/t19?,28-/m0/s1. The molecule has 0 aliphatic heterocycles. The van der Waals surface area contributed by atoms with Gasteiger partial charge in [0, 0.05) is 29.6 Å². The Morgan fingerprint density at radius 3 is 2.33 bits per heavy atom. The number of hydrogen-bond acceptors (Lipinski definition) is 4. The van der Waals surface area contributed by atoms with Crippen molar-refractivity contribution in [3.63, 3.8) is 0 Å². The zero-order valence-corrected chi connectivity index (χ0v) is 22.8. The maximum absolute atomic E-state index is 13.7. The molecule has 1 aromatic heterocycles. The molecule has 4 rings (SSSR count). The van der Waals surface area contributed by atoms with Gasteiger partial charge >= 0.3 is 5.97 Å². The number of benzene rings is 3. The van der Waals surface area contributed by atoms with E-state index in [1.165, 1.54) is 36.0 Å². The smallest absolute Gasteiger partial charge is 0.326 e. The summed E-state index contributed by atoms with van der Waals surface area (Å²) in [6.45, 7) is 1.90. The van der Waals surface area contributed by atoms with Crippen LogP contribution >= 0.6 is 11.8 Å². The molecule has 9 heteroatoms. The average Bonchev–Trinajstić information content (AvgIpc) is 3.46. The lowest BCUT2D eigenvalue weighted by Gasteiger charge is -2.19. The third-order valence-electron chi connectivity index (χ3n) is 6.49. The topological polar surface area (TPSA) is 95.1 Å². The summed E-state index contributed by atoms with van der Waals surface area (Å²) in [4.78, 5) is 32.6. The fourth-order valence-corrected chi connectivity index (χ4v) is 4.67. The van der Waals surface area contributed by atoms with Crippen molar-refractivity contribution in [3.8, 4) is 11.1 Å². The van der Waals surface area contributed by atoms with Crippen molar-refractivity contribution in [2.24, 2.45) is 0 Å². The summed E-state index contributed by atoms with van der Waals surface area (Å²) in [6.07, 6.45) is 7.90. The van der Waals surface area contributed by atoms with Crippen LogP contribution in [0.15, 0.2) is 79.1 Å². The summed E-state index contributed by atoms with van der Waals surface area (Å²) in [5, 5.41) is 12.4. The molecule has 3 aromatic carbocycles. The zero-order chi connectivity index (χ0) is 28.6. The van der Waals surface area contributed by atoms with Gasteiger partial charge in [-0.15, -0.1) is 0 Å². The molecule has 1 heterocycles. The van der Waals surface area contributed by atoms with Gasteiger partial charge in [0.05, 0.1) is 0 Å². The predicted molar refractivity (Wildman–Crippen MR) is 155 cm³/mol. The van der Waals surface area contributed by atoms with E-state index in [2.05, 4.69) is 15.3 Å². The number of carbonyl (C=O) groups is 2. The quantitative estimate of drug-likeness (QED) is 0.183. The molecule has 0 spiro atoms. The molecule has 1 unspecified atom stereocenters. The number of carbonyl (C=O) groups excluding carboxylic acids is 1. The second-order valence-electron chi connectivity index (χ2n) is 9.35. The number of imidazole rings is 1. The molecule has 1 amide bonds. The number of hydrogen-bond donors (Lipinski definition) is 3. The lowest BCUT2D eigenvalue weighted by atomic mass is 9.94. The monoisotopic (exact) mass is 561 g/mol. The first-order chi connectivity index (χ1) is 19.2. The molecule has 40 heavy (non-hydrogen) atoms. The van der Waals surface area contributed by atoms with Crippen LogP contribution in [0, 0.1) is 11.6 Å². The van der Waals surface area contributed by atoms with Crippen LogP contribution in [0.2, 0.25) is 0 Å². The minimum atomic E-state index is -1.11. The van der Waals surface area contributed by atoms with E-state index < -0.39 is 23.7 Å². The number of thioether (sulfide) groups is 1. The van der Waals surface area contributed by atoms with Crippen molar-refractivity contribution in [3.05, 3.63) is 113 Å². The fourth-order valence-electron chi connectivity index (χ4n) is 4.28. The number of carboxylic acid groups (broad SMARTS) is 1. The number of H-pyrrole nitrogens is 1. The number of aromatic amines is 1. The van der Waals surface area contributed by atoms with Crippen LogP contribution in [0.5, 0.6) is 0 Å². The number of carboxylic acids is 1. The van der Waals surface area contributed by atoms with E-state index in [0.29, 0.717) is 17.5 Å². The Hall–Kier alpha value is -4.24.